The van der Waals surface area contributed by atoms with Crippen molar-refractivity contribution in [3.05, 3.63) is 23.3 Å². The van der Waals surface area contributed by atoms with Gasteiger partial charge >= 0.3 is 0 Å². The second kappa shape index (κ2) is 5.28. The minimum atomic E-state index is -0.422. The Labute approximate surface area is 128 Å². The molecule has 2 rings (SSSR count). The first-order valence-corrected chi connectivity index (χ1v) is 7.83. The van der Waals surface area contributed by atoms with Gasteiger partial charge in [0.25, 0.3) is 0 Å². The van der Waals surface area contributed by atoms with E-state index in [1.165, 1.54) is 11.1 Å². The van der Waals surface area contributed by atoms with Gasteiger partial charge in [-0.3, -0.25) is 0 Å². The summed E-state index contributed by atoms with van der Waals surface area (Å²) in [7, 11) is 0. The maximum absolute atomic E-state index is 10.9. The van der Waals surface area contributed by atoms with E-state index >= 15 is 0 Å². The van der Waals surface area contributed by atoms with Crippen LogP contribution in [0.25, 0.3) is 0 Å². The predicted octanol–water partition coefficient (Wildman–Crippen LogP) is 4.16. The zero-order valence-electron chi connectivity index (χ0n) is 14.1. The molecule has 0 aromatic rings. The lowest BCUT2D eigenvalue weighted by Gasteiger charge is -2.48. The van der Waals surface area contributed by atoms with Gasteiger partial charge < -0.3 is 10.3 Å². The molecule has 0 aliphatic heterocycles. The first kappa shape index (κ1) is 16.3. The largest absolute Gasteiger partial charge is 0.411 e. The predicted molar refractivity (Wildman–Crippen MR) is 86.5 cm³/mol. The van der Waals surface area contributed by atoms with E-state index in [1.807, 2.05) is 6.08 Å². The van der Waals surface area contributed by atoms with Crippen molar-refractivity contribution in [2.24, 2.45) is 27.8 Å². The third-order valence-electron chi connectivity index (χ3n) is 5.17. The van der Waals surface area contributed by atoms with Gasteiger partial charge in [0.1, 0.15) is 0 Å². The van der Waals surface area contributed by atoms with Crippen LogP contribution in [0.1, 0.15) is 54.4 Å². The van der Waals surface area contributed by atoms with Crippen LogP contribution in [-0.2, 0) is 0 Å². The summed E-state index contributed by atoms with van der Waals surface area (Å²) in [5, 5.41) is 23.9. The number of allylic oxidation sites excluding steroid dienone is 3. The molecule has 21 heavy (non-hydrogen) atoms. The second-order valence-corrected chi connectivity index (χ2v) is 8.36. The van der Waals surface area contributed by atoms with Crippen molar-refractivity contribution >= 4 is 5.71 Å². The summed E-state index contributed by atoms with van der Waals surface area (Å²) in [6.07, 6.45) is 5.63. The lowest BCUT2D eigenvalue weighted by atomic mass is 9.57. The molecule has 0 bridgehead atoms. The molecule has 0 amide bonds. The van der Waals surface area contributed by atoms with Crippen molar-refractivity contribution in [2.45, 2.75) is 60.5 Å². The molecular formula is C18H29NO2. The molecule has 2 aliphatic rings. The first-order valence-electron chi connectivity index (χ1n) is 7.83. The highest BCUT2D eigenvalue weighted by Gasteiger charge is 2.48. The fourth-order valence-electron chi connectivity index (χ4n) is 4.53. The summed E-state index contributed by atoms with van der Waals surface area (Å²) >= 11 is 0. The van der Waals surface area contributed by atoms with Gasteiger partial charge in [-0.25, -0.2) is 0 Å². The summed E-state index contributed by atoms with van der Waals surface area (Å²) < 4.78 is 0. The minimum Gasteiger partial charge on any atom is -0.411 e. The number of oxime groups is 1. The standard InChI is InChI=1S/C18H29NO2/c1-11-7-13(16(20)18(5,6)10-11)15-14(19-21)8-12(2)9-17(15,3)4/h7-8,13,15-16,20-21H,9-10H2,1-6H3/b19-14-/t13-,15-,16-/m1/s1. The maximum Gasteiger partial charge on any atom is 0.0838 e. The molecular weight excluding hydrogens is 262 g/mol. The molecule has 0 saturated heterocycles. The SMILES string of the molecule is CC1=C[C@H]([C@@H]2/C(=N\O)C=C(C)CC2(C)C)[C@@H](O)C(C)(C)C1. The molecule has 0 unspecified atom stereocenters. The lowest BCUT2D eigenvalue weighted by Crippen LogP contribution is -2.49. The van der Waals surface area contributed by atoms with Crippen LogP contribution < -0.4 is 0 Å². The quantitative estimate of drug-likeness (QED) is 0.433. The van der Waals surface area contributed by atoms with E-state index in [-0.39, 0.29) is 22.7 Å². The van der Waals surface area contributed by atoms with Gasteiger partial charge in [-0.15, -0.1) is 0 Å². The molecule has 0 fully saturated rings. The average molecular weight is 291 g/mol. The van der Waals surface area contributed by atoms with Crippen LogP contribution in [0.15, 0.2) is 28.5 Å². The third kappa shape index (κ3) is 2.94. The van der Waals surface area contributed by atoms with Crippen LogP contribution in [0.2, 0.25) is 0 Å². The zero-order valence-corrected chi connectivity index (χ0v) is 14.1. The topological polar surface area (TPSA) is 52.8 Å². The molecule has 0 radical (unpaired) electrons. The van der Waals surface area contributed by atoms with Gasteiger partial charge in [0.05, 0.1) is 11.8 Å². The van der Waals surface area contributed by atoms with Crippen LogP contribution >= 0.6 is 0 Å². The molecule has 118 valence electrons. The highest BCUT2D eigenvalue weighted by atomic mass is 16.4. The molecule has 3 atom stereocenters. The van der Waals surface area contributed by atoms with E-state index in [9.17, 15) is 10.3 Å². The van der Waals surface area contributed by atoms with E-state index in [1.54, 1.807) is 0 Å². The van der Waals surface area contributed by atoms with E-state index in [2.05, 4.69) is 52.8 Å². The summed E-state index contributed by atoms with van der Waals surface area (Å²) in [5.74, 6) is 0.0368. The average Bonchev–Trinajstić information content (AvgIpc) is 2.31. The number of rotatable bonds is 1. The smallest absolute Gasteiger partial charge is 0.0838 e. The maximum atomic E-state index is 10.9. The normalized spacial score (nSPS) is 37.1. The Balaban J connectivity index is 2.50. The van der Waals surface area contributed by atoms with Crippen molar-refractivity contribution in [1.82, 2.24) is 0 Å². The van der Waals surface area contributed by atoms with Gasteiger partial charge in [-0.1, -0.05) is 50.1 Å². The fourth-order valence-corrected chi connectivity index (χ4v) is 4.53. The van der Waals surface area contributed by atoms with Crippen molar-refractivity contribution < 1.29 is 10.3 Å². The van der Waals surface area contributed by atoms with Crippen LogP contribution in [0.3, 0.4) is 0 Å². The lowest BCUT2D eigenvalue weighted by molar-refractivity contribution is -0.0191. The Morgan fingerprint density at radius 1 is 1.05 bits per heavy atom. The van der Waals surface area contributed by atoms with Gasteiger partial charge in [0, 0.05) is 11.8 Å². The number of aliphatic hydroxyl groups is 1. The van der Waals surface area contributed by atoms with E-state index < -0.39 is 6.10 Å². The van der Waals surface area contributed by atoms with Gasteiger partial charge in [-0.2, -0.15) is 0 Å². The van der Waals surface area contributed by atoms with Crippen LogP contribution in [0, 0.1) is 22.7 Å². The fraction of sp³-hybridized carbons (Fsp3) is 0.722. The van der Waals surface area contributed by atoms with E-state index in [0.29, 0.717) is 5.71 Å². The number of hydrogen-bond acceptors (Lipinski definition) is 3. The highest BCUT2D eigenvalue weighted by Crippen LogP contribution is 2.49. The molecule has 2 aliphatic carbocycles. The summed E-state index contributed by atoms with van der Waals surface area (Å²) in [4.78, 5) is 0. The Hall–Kier alpha value is -1.09. The molecule has 3 nitrogen and oxygen atoms in total. The molecule has 0 spiro atoms. The molecule has 0 saturated carbocycles. The Kier molecular flexibility index (Phi) is 4.09. The van der Waals surface area contributed by atoms with Crippen LogP contribution in [-0.4, -0.2) is 22.1 Å². The van der Waals surface area contributed by atoms with Crippen molar-refractivity contribution in [1.29, 1.82) is 0 Å². The summed E-state index contributed by atoms with van der Waals surface area (Å²) in [6.45, 7) is 12.9. The van der Waals surface area contributed by atoms with E-state index in [0.717, 1.165) is 12.8 Å². The summed E-state index contributed by atoms with van der Waals surface area (Å²) in [5.41, 5.74) is 3.07. The zero-order chi connectivity index (χ0) is 16.0. The second-order valence-electron chi connectivity index (χ2n) is 8.36. The van der Waals surface area contributed by atoms with Crippen LogP contribution in [0.5, 0.6) is 0 Å². The molecule has 0 heterocycles. The molecule has 3 heteroatoms. The van der Waals surface area contributed by atoms with Crippen molar-refractivity contribution in [3.63, 3.8) is 0 Å². The summed E-state index contributed by atoms with van der Waals surface area (Å²) in [6, 6.07) is 0. The Bertz CT molecular complexity index is 511. The molecule has 0 aromatic heterocycles. The Morgan fingerprint density at radius 3 is 2.19 bits per heavy atom. The number of aliphatic hydroxyl groups excluding tert-OH is 1. The molecule has 2 N–H and O–H groups in total. The van der Waals surface area contributed by atoms with Crippen molar-refractivity contribution in [3.8, 4) is 0 Å². The third-order valence-corrected chi connectivity index (χ3v) is 5.17. The highest BCUT2D eigenvalue weighted by molar-refractivity contribution is 5.98. The van der Waals surface area contributed by atoms with E-state index in [4.69, 9.17) is 0 Å². The van der Waals surface area contributed by atoms with Crippen LogP contribution in [0.4, 0.5) is 0 Å². The van der Waals surface area contributed by atoms with Gasteiger partial charge in [0.2, 0.25) is 0 Å². The monoisotopic (exact) mass is 291 g/mol. The van der Waals surface area contributed by atoms with Gasteiger partial charge in [0.15, 0.2) is 0 Å². The number of nitrogens with zero attached hydrogens (tertiary/aromatic N) is 1. The first-order chi connectivity index (χ1) is 9.58. The minimum absolute atomic E-state index is 0.000926. The van der Waals surface area contributed by atoms with Gasteiger partial charge in [-0.05, 0) is 43.6 Å². The molecule has 0 aromatic carbocycles. The number of hydrogen-bond donors (Lipinski definition) is 2. The van der Waals surface area contributed by atoms with Crippen molar-refractivity contribution in [2.75, 3.05) is 0 Å². The Morgan fingerprint density at radius 2 is 1.62 bits per heavy atom.